The van der Waals surface area contributed by atoms with E-state index in [2.05, 4.69) is 48.4 Å². The van der Waals surface area contributed by atoms with Gasteiger partial charge in [-0.15, -0.1) is 23.1 Å². The zero-order valence-electron chi connectivity index (χ0n) is 10.7. The van der Waals surface area contributed by atoms with E-state index in [-0.39, 0.29) is 0 Å². The topological polar surface area (TPSA) is 24.9 Å². The van der Waals surface area contributed by atoms with Crippen LogP contribution in [0.2, 0.25) is 0 Å². The number of aromatic nitrogens is 1. The molecule has 0 aliphatic heterocycles. The van der Waals surface area contributed by atoms with Gasteiger partial charge in [0.1, 0.15) is 5.01 Å². The van der Waals surface area contributed by atoms with Gasteiger partial charge in [0.2, 0.25) is 0 Å². The van der Waals surface area contributed by atoms with Crippen LogP contribution < -0.4 is 5.32 Å². The standard InChI is InChI=1S/C14H18N2S2/c1-11(2)15-8-13-9-16-14(18-13)10-17-12-6-4-3-5-7-12/h3-7,9,11,15H,8,10H2,1-2H3. The molecule has 2 rings (SSSR count). The molecule has 0 spiro atoms. The van der Waals surface area contributed by atoms with Crippen LogP contribution in [0.1, 0.15) is 23.7 Å². The van der Waals surface area contributed by atoms with Crippen molar-refractivity contribution < 1.29 is 0 Å². The Kier molecular flexibility index (Phi) is 5.23. The first kappa shape index (κ1) is 13.6. The molecule has 1 heterocycles. The molecule has 0 bridgehead atoms. The first-order chi connectivity index (χ1) is 8.74. The average Bonchev–Trinajstić information content (AvgIpc) is 2.83. The lowest BCUT2D eigenvalue weighted by Gasteiger charge is -2.04. The van der Waals surface area contributed by atoms with E-state index in [0.29, 0.717) is 6.04 Å². The van der Waals surface area contributed by atoms with Gasteiger partial charge in [-0.2, -0.15) is 0 Å². The Morgan fingerprint density at radius 1 is 1.28 bits per heavy atom. The Hall–Kier alpha value is -0.840. The fourth-order valence-corrected chi connectivity index (χ4v) is 3.26. The zero-order chi connectivity index (χ0) is 12.8. The van der Waals surface area contributed by atoms with Crippen LogP contribution in [0.15, 0.2) is 41.4 Å². The molecule has 1 aromatic carbocycles. The average molecular weight is 278 g/mol. The summed E-state index contributed by atoms with van der Waals surface area (Å²) in [7, 11) is 0. The highest BCUT2D eigenvalue weighted by molar-refractivity contribution is 7.98. The minimum atomic E-state index is 0.522. The third-order valence-electron chi connectivity index (χ3n) is 2.39. The Labute approximate surface area is 117 Å². The number of hydrogen-bond acceptors (Lipinski definition) is 4. The molecular formula is C14H18N2S2. The number of thioether (sulfide) groups is 1. The Bertz CT molecular complexity index is 466. The quantitative estimate of drug-likeness (QED) is 0.810. The second kappa shape index (κ2) is 6.92. The van der Waals surface area contributed by atoms with Gasteiger partial charge < -0.3 is 5.32 Å². The van der Waals surface area contributed by atoms with E-state index in [4.69, 9.17) is 0 Å². The van der Waals surface area contributed by atoms with Crippen LogP contribution in [0, 0.1) is 0 Å². The Morgan fingerprint density at radius 3 is 2.78 bits per heavy atom. The SMILES string of the molecule is CC(C)NCc1cnc(CSc2ccccc2)s1. The van der Waals surface area contributed by atoms with Gasteiger partial charge in [0, 0.05) is 28.6 Å². The molecule has 0 amide bonds. The van der Waals surface area contributed by atoms with Gasteiger partial charge in [0.05, 0.1) is 5.75 Å². The van der Waals surface area contributed by atoms with Gasteiger partial charge in [0.15, 0.2) is 0 Å². The van der Waals surface area contributed by atoms with Crippen LogP contribution in [0.25, 0.3) is 0 Å². The van der Waals surface area contributed by atoms with Gasteiger partial charge in [0.25, 0.3) is 0 Å². The number of nitrogens with one attached hydrogen (secondary N) is 1. The van der Waals surface area contributed by atoms with E-state index < -0.39 is 0 Å². The third-order valence-corrected chi connectivity index (χ3v) is 4.59. The zero-order valence-corrected chi connectivity index (χ0v) is 12.4. The van der Waals surface area contributed by atoms with E-state index >= 15 is 0 Å². The van der Waals surface area contributed by atoms with Crippen LogP contribution >= 0.6 is 23.1 Å². The number of hydrogen-bond donors (Lipinski definition) is 1. The Balaban J connectivity index is 1.83. The van der Waals surface area contributed by atoms with Crippen molar-refractivity contribution in [1.29, 1.82) is 0 Å². The molecule has 2 aromatic rings. The lowest BCUT2D eigenvalue weighted by atomic mass is 10.4. The smallest absolute Gasteiger partial charge is 0.103 e. The van der Waals surface area contributed by atoms with Crippen molar-refractivity contribution in [2.75, 3.05) is 0 Å². The maximum absolute atomic E-state index is 4.47. The van der Waals surface area contributed by atoms with Crippen LogP contribution in [-0.4, -0.2) is 11.0 Å². The summed E-state index contributed by atoms with van der Waals surface area (Å²) in [6.07, 6.45) is 1.99. The number of nitrogens with zero attached hydrogens (tertiary/aromatic N) is 1. The second-order valence-corrected chi connectivity index (χ2v) is 6.61. The van der Waals surface area contributed by atoms with Crippen molar-refractivity contribution in [2.24, 2.45) is 0 Å². The molecule has 96 valence electrons. The van der Waals surface area contributed by atoms with Crippen molar-refractivity contribution in [3.8, 4) is 0 Å². The predicted octanol–water partition coefficient (Wildman–Crippen LogP) is 3.93. The molecule has 1 aromatic heterocycles. The first-order valence-electron chi connectivity index (χ1n) is 6.09. The highest BCUT2D eigenvalue weighted by Crippen LogP contribution is 2.24. The molecule has 0 saturated carbocycles. The maximum atomic E-state index is 4.47. The summed E-state index contributed by atoms with van der Waals surface area (Å²) in [6, 6.07) is 11.0. The molecule has 2 nitrogen and oxygen atoms in total. The molecule has 0 aliphatic rings. The predicted molar refractivity (Wildman–Crippen MR) is 80.1 cm³/mol. The summed E-state index contributed by atoms with van der Waals surface area (Å²) in [5.74, 6) is 0.955. The molecule has 1 N–H and O–H groups in total. The number of thiazole rings is 1. The Morgan fingerprint density at radius 2 is 2.06 bits per heavy atom. The fourth-order valence-electron chi connectivity index (χ4n) is 1.46. The second-order valence-electron chi connectivity index (χ2n) is 4.36. The van der Waals surface area contributed by atoms with E-state index in [9.17, 15) is 0 Å². The van der Waals surface area contributed by atoms with Crippen molar-refractivity contribution in [3.63, 3.8) is 0 Å². The summed E-state index contributed by atoms with van der Waals surface area (Å²) < 4.78 is 0. The minimum Gasteiger partial charge on any atom is -0.310 e. The van der Waals surface area contributed by atoms with Gasteiger partial charge in [-0.1, -0.05) is 32.0 Å². The number of rotatable bonds is 6. The molecule has 4 heteroatoms. The summed E-state index contributed by atoms with van der Waals surface area (Å²) in [5, 5.41) is 4.61. The van der Waals surface area contributed by atoms with Crippen molar-refractivity contribution in [2.45, 2.75) is 37.1 Å². The molecule has 0 aliphatic carbocycles. The minimum absolute atomic E-state index is 0.522. The highest BCUT2D eigenvalue weighted by atomic mass is 32.2. The van der Waals surface area contributed by atoms with Crippen LogP contribution in [0.4, 0.5) is 0 Å². The van der Waals surface area contributed by atoms with Gasteiger partial charge in [-0.3, -0.25) is 0 Å². The van der Waals surface area contributed by atoms with E-state index in [0.717, 1.165) is 12.3 Å². The van der Waals surface area contributed by atoms with E-state index in [1.807, 2.05) is 24.0 Å². The summed E-state index contributed by atoms with van der Waals surface area (Å²) in [6.45, 7) is 5.24. The van der Waals surface area contributed by atoms with Gasteiger partial charge in [-0.05, 0) is 12.1 Å². The van der Waals surface area contributed by atoms with Crippen molar-refractivity contribution in [3.05, 3.63) is 46.4 Å². The molecule has 0 atom stereocenters. The third kappa shape index (κ3) is 4.44. The molecule has 0 unspecified atom stereocenters. The van der Waals surface area contributed by atoms with Crippen LogP contribution in [0.5, 0.6) is 0 Å². The van der Waals surface area contributed by atoms with Crippen LogP contribution in [0.3, 0.4) is 0 Å². The van der Waals surface area contributed by atoms with E-state index in [1.165, 1.54) is 14.8 Å². The van der Waals surface area contributed by atoms with Gasteiger partial charge in [-0.25, -0.2) is 4.98 Å². The lowest BCUT2D eigenvalue weighted by Crippen LogP contribution is -2.21. The first-order valence-corrected chi connectivity index (χ1v) is 7.89. The molecule has 0 fully saturated rings. The summed E-state index contributed by atoms with van der Waals surface area (Å²) in [4.78, 5) is 7.08. The van der Waals surface area contributed by atoms with Crippen molar-refractivity contribution >= 4 is 23.1 Å². The normalized spacial score (nSPS) is 11.1. The molecule has 0 radical (unpaired) electrons. The summed E-state index contributed by atoms with van der Waals surface area (Å²) >= 11 is 3.64. The van der Waals surface area contributed by atoms with Crippen LogP contribution in [-0.2, 0) is 12.3 Å². The molecular weight excluding hydrogens is 260 g/mol. The lowest BCUT2D eigenvalue weighted by molar-refractivity contribution is 0.593. The molecule has 0 saturated heterocycles. The summed E-state index contributed by atoms with van der Waals surface area (Å²) in [5.41, 5.74) is 0. The number of benzene rings is 1. The monoisotopic (exact) mass is 278 g/mol. The molecule has 18 heavy (non-hydrogen) atoms. The fraction of sp³-hybridized carbons (Fsp3) is 0.357. The van der Waals surface area contributed by atoms with Crippen molar-refractivity contribution in [1.82, 2.24) is 10.3 Å². The van der Waals surface area contributed by atoms with Gasteiger partial charge >= 0.3 is 0 Å². The van der Waals surface area contributed by atoms with E-state index in [1.54, 1.807) is 11.3 Å². The highest BCUT2D eigenvalue weighted by Gasteiger charge is 2.03. The largest absolute Gasteiger partial charge is 0.310 e. The maximum Gasteiger partial charge on any atom is 0.103 e.